The lowest BCUT2D eigenvalue weighted by atomic mass is 10.0. The molecule has 0 saturated carbocycles. The molecule has 4 rings (SSSR count). The Bertz CT molecular complexity index is 1320. The van der Waals surface area contributed by atoms with E-state index in [4.69, 9.17) is 9.72 Å². The van der Waals surface area contributed by atoms with Crippen molar-refractivity contribution in [1.29, 1.82) is 0 Å². The van der Waals surface area contributed by atoms with E-state index in [0.29, 0.717) is 25.5 Å². The van der Waals surface area contributed by atoms with Crippen LogP contribution in [0.1, 0.15) is 54.3 Å². The summed E-state index contributed by atoms with van der Waals surface area (Å²) in [5, 5.41) is 3.07. The minimum Gasteiger partial charge on any atom is -0.491 e. The Balaban J connectivity index is 1.37. The number of para-hydroxylation sites is 2. The molecule has 0 unspecified atom stereocenters. The number of benzene rings is 3. The average Bonchev–Trinajstić information content (AvgIpc) is 3.20. The molecule has 36 heavy (non-hydrogen) atoms. The number of hydrogen-bond acceptors (Lipinski definition) is 3. The van der Waals surface area contributed by atoms with Gasteiger partial charge in [0.05, 0.1) is 24.0 Å². The van der Waals surface area contributed by atoms with Crippen molar-refractivity contribution in [1.82, 2.24) is 14.9 Å². The summed E-state index contributed by atoms with van der Waals surface area (Å²) in [5.41, 5.74) is 6.77. The number of aromatic nitrogens is 2. The van der Waals surface area contributed by atoms with Crippen LogP contribution in [0.3, 0.4) is 0 Å². The summed E-state index contributed by atoms with van der Waals surface area (Å²) in [6.45, 7) is 10.4. The highest BCUT2D eigenvalue weighted by Gasteiger charge is 2.13. The molecular formula is C31H37N3O2. The summed E-state index contributed by atoms with van der Waals surface area (Å²) in [7, 11) is 0. The van der Waals surface area contributed by atoms with Gasteiger partial charge in [-0.2, -0.15) is 0 Å². The second-order valence-electron chi connectivity index (χ2n) is 9.77. The smallest absolute Gasteiger partial charge is 0.224 e. The first kappa shape index (κ1) is 25.5. The molecule has 1 amide bonds. The Morgan fingerprint density at radius 1 is 1.03 bits per heavy atom. The van der Waals surface area contributed by atoms with Gasteiger partial charge in [0.25, 0.3) is 0 Å². The van der Waals surface area contributed by atoms with Crippen molar-refractivity contribution in [2.45, 2.75) is 59.4 Å². The molecule has 0 aliphatic heterocycles. The van der Waals surface area contributed by atoms with Crippen LogP contribution in [0.25, 0.3) is 11.0 Å². The highest BCUT2D eigenvalue weighted by molar-refractivity contribution is 5.79. The Hall–Kier alpha value is -3.60. The van der Waals surface area contributed by atoms with Crippen molar-refractivity contribution in [2.24, 2.45) is 0 Å². The van der Waals surface area contributed by atoms with Gasteiger partial charge in [0.1, 0.15) is 18.2 Å². The number of imidazole rings is 1. The zero-order valence-electron chi connectivity index (χ0n) is 21.9. The number of carbonyl (C=O) groups excluding carboxylic acids is 1. The highest BCUT2D eigenvalue weighted by atomic mass is 16.5. The largest absolute Gasteiger partial charge is 0.491 e. The first-order valence-corrected chi connectivity index (χ1v) is 12.9. The summed E-state index contributed by atoms with van der Waals surface area (Å²) < 4.78 is 8.53. The third-order valence-corrected chi connectivity index (χ3v) is 6.61. The van der Waals surface area contributed by atoms with Crippen LogP contribution in [-0.2, 0) is 24.2 Å². The number of carbonyl (C=O) groups is 1. The predicted molar refractivity (Wildman–Crippen MR) is 147 cm³/mol. The van der Waals surface area contributed by atoms with Gasteiger partial charge in [0.2, 0.25) is 5.91 Å². The Morgan fingerprint density at radius 3 is 2.61 bits per heavy atom. The molecule has 0 atom stereocenters. The fourth-order valence-electron chi connectivity index (χ4n) is 4.57. The van der Waals surface area contributed by atoms with Gasteiger partial charge in [-0.15, -0.1) is 0 Å². The molecule has 4 aromatic rings. The van der Waals surface area contributed by atoms with Gasteiger partial charge in [-0.1, -0.05) is 62.4 Å². The van der Waals surface area contributed by atoms with Crippen molar-refractivity contribution in [3.63, 3.8) is 0 Å². The second kappa shape index (κ2) is 11.9. The molecule has 5 heteroatoms. The van der Waals surface area contributed by atoms with Gasteiger partial charge in [0.15, 0.2) is 0 Å². The van der Waals surface area contributed by atoms with E-state index >= 15 is 0 Å². The molecule has 188 valence electrons. The second-order valence-corrected chi connectivity index (χ2v) is 9.77. The summed E-state index contributed by atoms with van der Waals surface area (Å²) in [5.74, 6) is 2.46. The van der Waals surface area contributed by atoms with Gasteiger partial charge in [0, 0.05) is 13.0 Å². The third kappa shape index (κ3) is 6.34. The fraction of sp³-hybridized carbons (Fsp3) is 0.355. The molecule has 0 aliphatic carbocycles. The van der Waals surface area contributed by atoms with Crippen LogP contribution in [0, 0.1) is 13.8 Å². The maximum atomic E-state index is 12.4. The van der Waals surface area contributed by atoms with E-state index in [1.807, 2.05) is 43.3 Å². The molecule has 1 heterocycles. The predicted octanol–water partition coefficient (Wildman–Crippen LogP) is 6.15. The van der Waals surface area contributed by atoms with Crippen molar-refractivity contribution in [3.05, 3.63) is 94.8 Å². The van der Waals surface area contributed by atoms with E-state index in [0.717, 1.165) is 53.1 Å². The van der Waals surface area contributed by atoms with Crippen LogP contribution in [0.4, 0.5) is 0 Å². The number of rotatable bonds is 11. The van der Waals surface area contributed by atoms with Gasteiger partial charge in [-0.3, -0.25) is 4.79 Å². The molecule has 1 N–H and O–H groups in total. The van der Waals surface area contributed by atoms with Crippen molar-refractivity contribution < 1.29 is 9.53 Å². The summed E-state index contributed by atoms with van der Waals surface area (Å²) in [6.07, 6.45) is 2.04. The standard InChI is InChI=1S/C31H37N3O2/c1-22(2)26-16-15-23(3)20-29(26)36-19-18-34-28-13-8-7-12-27(28)33-30(34)14-9-17-32-31(35)21-25-11-6-5-10-24(25)4/h5-8,10-13,15-16,20,22H,9,14,17-19,21H2,1-4H3,(H,32,35). The Morgan fingerprint density at radius 2 is 1.81 bits per heavy atom. The third-order valence-electron chi connectivity index (χ3n) is 6.61. The summed E-state index contributed by atoms with van der Waals surface area (Å²) in [6, 6.07) is 22.7. The number of hydrogen-bond donors (Lipinski definition) is 1. The Labute approximate surface area is 214 Å². The van der Waals surface area contributed by atoms with E-state index in [9.17, 15) is 4.79 Å². The lowest BCUT2D eigenvalue weighted by Gasteiger charge is -2.16. The van der Waals surface area contributed by atoms with Gasteiger partial charge in [-0.25, -0.2) is 4.98 Å². The maximum Gasteiger partial charge on any atom is 0.224 e. The molecule has 1 aromatic heterocycles. The van der Waals surface area contributed by atoms with E-state index in [2.05, 4.69) is 61.0 Å². The molecule has 0 bridgehead atoms. The number of fused-ring (bicyclic) bond motifs is 1. The van der Waals surface area contributed by atoms with Crippen LogP contribution < -0.4 is 10.1 Å². The van der Waals surface area contributed by atoms with Gasteiger partial charge in [-0.05, 0) is 66.6 Å². The SMILES string of the molecule is Cc1ccc(C(C)C)c(OCCn2c(CCCNC(=O)Cc3ccccc3C)nc3ccccc32)c1. The van der Waals surface area contributed by atoms with Crippen LogP contribution in [0.2, 0.25) is 0 Å². The Kier molecular flexibility index (Phi) is 8.42. The van der Waals surface area contributed by atoms with Crippen molar-refractivity contribution in [2.75, 3.05) is 13.2 Å². The van der Waals surface area contributed by atoms with Crippen LogP contribution in [-0.4, -0.2) is 28.6 Å². The fourth-order valence-corrected chi connectivity index (χ4v) is 4.57. The average molecular weight is 484 g/mol. The monoisotopic (exact) mass is 483 g/mol. The van der Waals surface area contributed by atoms with Crippen LogP contribution >= 0.6 is 0 Å². The highest BCUT2D eigenvalue weighted by Crippen LogP contribution is 2.27. The molecule has 0 radical (unpaired) electrons. The number of aryl methyl sites for hydroxylation is 3. The van der Waals surface area contributed by atoms with E-state index in [-0.39, 0.29) is 5.91 Å². The van der Waals surface area contributed by atoms with Crippen molar-refractivity contribution >= 4 is 16.9 Å². The van der Waals surface area contributed by atoms with Crippen LogP contribution in [0.5, 0.6) is 5.75 Å². The van der Waals surface area contributed by atoms with Gasteiger partial charge < -0.3 is 14.6 Å². The number of ether oxygens (including phenoxy) is 1. The molecule has 0 spiro atoms. The first-order chi connectivity index (χ1) is 17.4. The summed E-state index contributed by atoms with van der Waals surface area (Å²) >= 11 is 0. The normalized spacial score (nSPS) is 11.2. The van der Waals surface area contributed by atoms with Gasteiger partial charge >= 0.3 is 0 Å². The van der Waals surface area contributed by atoms with Crippen molar-refractivity contribution in [3.8, 4) is 5.75 Å². The topological polar surface area (TPSA) is 56.1 Å². The first-order valence-electron chi connectivity index (χ1n) is 12.9. The zero-order chi connectivity index (χ0) is 25.5. The minimum atomic E-state index is 0.0605. The van der Waals surface area contributed by atoms with E-state index in [1.165, 1.54) is 11.1 Å². The van der Waals surface area contributed by atoms with Crippen LogP contribution in [0.15, 0.2) is 66.7 Å². The lowest BCUT2D eigenvalue weighted by Crippen LogP contribution is -2.26. The quantitative estimate of drug-likeness (QED) is 0.260. The molecular weight excluding hydrogens is 446 g/mol. The molecule has 3 aromatic carbocycles. The summed E-state index contributed by atoms with van der Waals surface area (Å²) in [4.78, 5) is 17.3. The molecule has 0 aliphatic rings. The molecule has 0 fully saturated rings. The zero-order valence-corrected chi connectivity index (χ0v) is 21.9. The molecule has 5 nitrogen and oxygen atoms in total. The molecule has 0 saturated heterocycles. The maximum absolute atomic E-state index is 12.4. The number of nitrogens with zero attached hydrogens (tertiary/aromatic N) is 2. The minimum absolute atomic E-state index is 0.0605. The lowest BCUT2D eigenvalue weighted by molar-refractivity contribution is -0.120. The number of nitrogens with one attached hydrogen (secondary N) is 1. The van der Waals surface area contributed by atoms with E-state index in [1.54, 1.807) is 0 Å². The number of amides is 1. The van der Waals surface area contributed by atoms with E-state index < -0.39 is 0 Å².